The van der Waals surface area contributed by atoms with E-state index in [0.29, 0.717) is 5.41 Å². The molecule has 0 aliphatic heterocycles. The molecule has 78 valence electrons. The molecule has 14 heavy (non-hydrogen) atoms. The summed E-state index contributed by atoms with van der Waals surface area (Å²) in [5.41, 5.74) is 6.45. The molecule has 0 atom stereocenters. The van der Waals surface area contributed by atoms with Gasteiger partial charge < -0.3 is 5.73 Å². The van der Waals surface area contributed by atoms with Crippen LogP contribution in [0.5, 0.6) is 0 Å². The van der Waals surface area contributed by atoms with Crippen molar-refractivity contribution in [2.24, 2.45) is 11.1 Å². The maximum atomic E-state index is 6.17. The summed E-state index contributed by atoms with van der Waals surface area (Å²) in [7, 11) is 0. The predicted octanol–water partition coefficient (Wildman–Crippen LogP) is 1.19. The molecule has 0 unspecified atom stereocenters. The van der Waals surface area contributed by atoms with E-state index in [1.807, 2.05) is 4.68 Å². The first kappa shape index (κ1) is 9.65. The Bertz CT molecular complexity index is 292. The summed E-state index contributed by atoms with van der Waals surface area (Å²) in [5, 5.41) is 4.09. The van der Waals surface area contributed by atoms with Gasteiger partial charge in [-0.05, 0) is 38.5 Å². The van der Waals surface area contributed by atoms with Crippen LogP contribution in [-0.4, -0.2) is 20.3 Å². The van der Waals surface area contributed by atoms with Gasteiger partial charge in [0.05, 0.1) is 0 Å². The zero-order valence-electron chi connectivity index (χ0n) is 8.90. The number of hydrogen-bond donors (Lipinski definition) is 1. The van der Waals surface area contributed by atoms with Gasteiger partial charge in [0.25, 0.3) is 0 Å². The number of rotatable bonds is 4. The Balaban J connectivity index is 1.93. The second-order valence-electron chi connectivity index (χ2n) is 4.91. The third kappa shape index (κ3) is 1.66. The monoisotopic (exact) mass is 194 g/mol. The van der Waals surface area contributed by atoms with Gasteiger partial charge in [-0.1, -0.05) is 0 Å². The minimum atomic E-state index is -0.0619. The Hall–Kier alpha value is -0.900. The summed E-state index contributed by atoms with van der Waals surface area (Å²) < 4.78 is 1.88. The molecule has 1 aliphatic carbocycles. The van der Waals surface area contributed by atoms with E-state index in [4.69, 9.17) is 5.73 Å². The van der Waals surface area contributed by atoms with Gasteiger partial charge in [-0.2, -0.15) is 5.10 Å². The number of nitrogens with two attached hydrogens (primary N) is 1. The van der Waals surface area contributed by atoms with Gasteiger partial charge in [0.15, 0.2) is 0 Å². The van der Waals surface area contributed by atoms with Crippen LogP contribution in [0.25, 0.3) is 0 Å². The zero-order valence-corrected chi connectivity index (χ0v) is 8.90. The van der Waals surface area contributed by atoms with Crippen molar-refractivity contribution >= 4 is 0 Å². The topological polar surface area (TPSA) is 56.7 Å². The van der Waals surface area contributed by atoms with Crippen molar-refractivity contribution in [3.8, 4) is 0 Å². The third-order valence-corrected chi connectivity index (χ3v) is 3.51. The normalized spacial score (nSPS) is 19.6. The molecular formula is C10H18N4. The lowest BCUT2D eigenvalue weighted by molar-refractivity contribution is 0.259. The fourth-order valence-corrected chi connectivity index (χ4v) is 2.04. The highest BCUT2D eigenvalue weighted by Crippen LogP contribution is 2.55. The first-order chi connectivity index (χ1) is 6.54. The first-order valence-corrected chi connectivity index (χ1v) is 5.15. The molecule has 0 aromatic carbocycles. The third-order valence-electron chi connectivity index (χ3n) is 3.51. The number of aromatic nitrogens is 3. The molecule has 1 aromatic rings. The van der Waals surface area contributed by atoms with Crippen LogP contribution >= 0.6 is 0 Å². The minimum Gasteiger partial charge on any atom is -0.325 e. The first-order valence-electron chi connectivity index (χ1n) is 5.15. The summed E-state index contributed by atoms with van der Waals surface area (Å²) in [6.45, 7) is 5.18. The van der Waals surface area contributed by atoms with E-state index in [1.54, 1.807) is 12.7 Å². The number of hydrogen-bond acceptors (Lipinski definition) is 3. The molecule has 1 saturated carbocycles. The Kier molecular flexibility index (Phi) is 2.10. The predicted molar refractivity (Wildman–Crippen MR) is 54.6 cm³/mol. The van der Waals surface area contributed by atoms with Crippen molar-refractivity contribution in [3.05, 3.63) is 12.7 Å². The summed E-state index contributed by atoms with van der Waals surface area (Å²) in [6, 6.07) is 0. The Morgan fingerprint density at radius 2 is 2.21 bits per heavy atom. The van der Waals surface area contributed by atoms with Gasteiger partial charge in [0.1, 0.15) is 12.7 Å². The fraction of sp³-hybridized carbons (Fsp3) is 0.800. The van der Waals surface area contributed by atoms with E-state index in [-0.39, 0.29) is 5.54 Å². The lowest BCUT2D eigenvalue weighted by Gasteiger charge is -2.30. The minimum absolute atomic E-state index is 0.0619. The summed E-state index contributed by atoms with van der Waals surface area (Å²) in [4.78, 5) is 3.93. The fourth-order valence-electron chi connectivity index (χ4n) is 2.04. The average Bonchev–Trinajstić information content (AvgIpc) is 2.72. The van der Waals surface area contributed by atoms with Crippen molar-refractivity contribution < 1.29 is 0 Å². The molecule has 0 amide bonds. The number of nitrogens with zero attached hydrogens (tertiary/aromatic N) is 3. The lowest BCUT2D eigenvalue weighted by atomic mass is 9.82. The van der Waals surface area contributed by atoms with E-state index in [0.717, 1.165) is 13.0 Å². The lowest BCUT2D eigenvalue weighted by Crippen LogP contribution is -2.43. The van der Waals surface area contributed by atoms with Crippen molar-refractivity contribution in [1.82, 2.24) is 14.8 Å². The van der Waals surface area contributed by atoms with Crippen LogP contribution in [0.2, 0.25) is 0 Å². The van der Waals surface area contributed by atoms with Crippen LogP contribution in [0.15, 0.2) is 12.7 Å². The summed E-state index contributed by atoms with van der Waals surface area (Å²) in [6.07, 6.45) is 6.96. The van der Waals surface area contributed by atoms with Crippen molar-refractivity contribution in [2.45, 2.75) is 45.2 Å². The van der Waals surface area contributed by atoms with E-state index in [9.17, 15) is 0 Å². The van der Waals surface area contributed by atoms with Crippen LogP contribution in [0, 0.1) is 5.41 Å². The highest BCUT2D eigenvalue weighted by Gasteiger charge is 2.51. The zero-order chi connectivity index (χ0) is 10.2. The van der Waals surface area contributed by atoms with Gasteiger partial charge in [0, 0.05) is 12.1 Å². The molecule has 1 aromatic heterocycles. The molecule has 2 rings (SSSR count). The highest BCUT2D eigenvalue weighted by atomic mass is 15.3. The molecule has 1 fully saturated rings. The van der Waals surface area contributed by atoms with Crippen molar-refractivity contribution in [1.29, 1.82) is 0 Å². The maximum absolute atomic E-state index is 6.17. The van der Waals surface area contributed by atoms with Crippen LogP contribution in [0.3, 0.4) is 0 Å². The molecule has 4 nitrogen and oxygen atoms in total. The molecule has 0 spiro atoms. The second-order valence-corrected chi connectivity index (χ2v) is 4.91. The van der Waals surface area contributed by atoms with Gasteiger partial charge in [-0.15, -0.1) is 0 Å². The highest BCUT2D eigenvalue weighted by molar-refractivity contribution is 5.06. The standard InChI is InChI=1S/C10H18N4/c1-9(2,11)10(3-4-10)5-6-14-8-12-7-13-14/h7-8H,3-6,11H2,1-2H3. The second kappa shape index (κ2) is 3.05. The van der Waals surface area contributed by atoms with E-state index < -0.39 is 0 Å². The molecule has 0 saturated heterocycles. The average molecular weight is 194 g/mol. The van der Waals surface area contributed by atoms with Crippen molar-refractivity contribution in [2.75, 3.05) is 0 Å². The summed E-state index contributed by atoms with van der Waals surface area (Å²) in [5.74, 6) is 0. The van der Waals surface area contributed by atoms with Crippen LogP contribution in [0.1, 0.15) is 33.1 Å². The van der Waals surface area contributed by atoms with Crippen LogP contribution in [-0.2, 0) is 6.54 Å². The number of aryl methyl sites for hydroxylation is 1. The SMILES string of the molecule is CC(C)(N)C1(CCn2cncn2)CC1. The van der Waals surface area contributed by atoms with E-state index >= 15 is 0 Å². The van der Waals surface area contributed by atoms with E-state index in [2.05, 4.69) is 23.9 Å². The quantitative estimate of drug-likeness (QED) is 0.783. The van der Waals surface area contributed by atoms with Crippen molar-refractivity contribution in [3.63, 3.8) is 0 Å². The molecule has 1 aliphatic rings. The van der Waals surface area contributed by atoms with Gasteiger partial charge in [-0.3, -0.25) is 4.68 Å². The molecule has 0 bridgehead atoms. The van der Waals surface area contributed by atoms with Crippen LogP contribution in [0.4, 0.5) is 0 Å². The van der Waals surface area contributed by atoms with Crippen LogP contribution < -0.4 is 5.73 Å². The van der Waals surface area contributed by atoms with Gasteiger partial charge in [-0.25, -0.2) is 4.98 Å². The molecule has 2 N–H and O–H groups in total. The molecule has 0 radical (unpaired) electrons. The largest absolute Gasteiger partial charge is 0.325 e. The Labute approximate surface area is 84.5 Å². The molecule has 1 heterocycles. The Morgan fingerprint density at radius 1 is 1.50 bits per heavy atom. The smallest absolute Gasteiger partial charge is 0.137 e. The molecule has 4 heteroatoms. The maximum Gasteiger partial charge on any atom is 0.137 e. The summed E-state index contributed by atoms with van der Waals surface area (Å²) >= 11 is 0. The Morgan fingerprint density at radius 3 is 2.64 bits per heavy atom. The van der Waals surface area contributed by atoms with E-state index in [1.165, 1.54) is 12.8 Å². The van der Waals surface area contributed by atoms with Gasteiger partial charge in [0.2, 0.25) is 0 Å². The molecular weight excluding hydrogens is 176 g/mol. The van der Waals surface area contributed by atoms with Gasteiger partial charge >= 0.3 is 0 Å².